The van der Waals surface area contributed by atoms with Gasteiger partial charge in [0.1, 0.15) is 47.7 Å². The summed E-state index contributed by atoms with van der Waals surface area (Å²) in [6.45, 7) is 0. The van der Waals surface area contributed by atoms with Crippen molar-refractivity contribution in [3.8, 4) is 0 Å². The molecule has 0 spiro atoms. The van der Waals surface area contributed by atoms with Gasteiger partial charge in [-0.2, -0.15) is 0 Å². The number of carboxylic acid groups (broad SMARTS) is 1. The molecule has 0 aliphatic carbocycles. The van der Waals surface area contributed by atoms with Crippen LogP contribution in [0, 0.1) is 0 Å². The van der Waals surface area contributed by atoms with E-state index in [0.717, 1.165) is 0 Å². The van der Waals surface area contributed by atoms with Crippen molar-refractivity contribution in [3.05, 3.63) is 12.7 Å². The maximum absolute atomic E-state index is 10.8. The second-order valence-electron chi connectivity index (χ2n) is 6.59. The highest BCUT2D eigenvalue weighted by atomic mass is 32.2. The number of hydrogen-bond acceptors (Lipinski definition) is 9. The van der Waals surface area contributed by atoms with Crippen molar-refractivity contribution in [2.45, 2.75) is 37.0 Å². The van der Waals surface area contributed by atoms with Gasteiger partial charge in [-0.3, -0.25) is 4.57 Å². The molecule has 1 aliphatic rings. The number of ether oxygens (including phenoxy) is 1. The van der Waals surface area contributed by atoms with Gasteiger partial charge < -0.3 is 36.3 Å². The Morgan fingerprint density at radius 2 is 2.19 bits per heavy atom. The number of hydrogen-bond donors (Lipinski definition) is 4. The van der Waals surface area contributed by atoms with E-state index in [1.165, 1.54) is 17.2 Å². The standard InChI is InChI=1S/C15H22N6O5S/c1-27(3-2-7(16)15(24)25)4-8-10(22)11(23)14(26-8)21-6-20-9-12(17)18-5-19-13(9)21/h5-8,10-11,14,22-23H,2-4,16H2,1H3,(H2-,17,18,19,24,25)/p+1/t7-,8+,10-,11?,14+,27?/m0/s1. The average Bonchev–Trinajstić information content (AvgIpc) is 3.17. The number of carboxylic acids is 1. The lowest BCUT2D eigenvalue weighted by molar-refractivity contribution is -0.437. The van der Waals surface area contributed by atoms with Crippen LogP contribution in [0.5, 0.6) is 0 Å². The Kier molecular flexibility index (Phi) is 5.81. The lowest BCUT2D eigenvalue weighted by Gasteiger charge is -2.16. The molecule has 0 saturated carbocycles. The van der Waals surface area contributed by atoms with Gasteiger partial charge in [0.05, 0.1) is 18.6 Å². The molecule has 1 aliphatic heterocycles. The molecule has 148 valence electrons. The van der Waals surface area contributed by atoms with Crippen LogP contribution < -0.4 is 16.6 Å². The number of fused-ring (bicyclic) bond motifs is 1. The third-order valence-corrected chi connectivity index (χ3v) is 6.43. The fourth-order valence-corrected chi connectivity index (χ4v) is 4.67. The van der Waals surface area contributed by atoms with Crippen LogP contribution in [0.4, 0.5) is 5.82 Å². The predicted molar refractivity (Wildman–Crippen MR) is 95.0 cm³/mol. The van der Waals surface area contributed by atoms with Gasteiger partial charge in [-0.25, -0.2) is 15.0 Å². The molecular weight excluding hydrogens is 376 g/mol. The smallest absolute Gasteiger partial charge is 0.167 e. The Hall–Kier alpha value is -1.99. The van der Waals surface area contributed by atoms with E-state index >= 15 is 0 Å². The predicted octanol–water partition coefficient (Wildman–Crippen LogP) is -3.97. The summed E-state index contributed by atoms with van der Waals surface area (Å²) in [6, 6.07) is -0.768. The number of imidazole rings is 1. The van der Waals surface area contributed by atoms with Crippen molar-refractivity contribution in [3.63, 3.8) is 0 Å². The topological polar surface area (TPSA) is 187 Å². The molecule has 12 heteroatoms. The van der Waals surface area contributed by atoms with E-state index in [1.807, 2.05) is 6.26 Å². The Balaban J connectivity index is 1.68. The summed E-state index contributed by atoms with van der Waals surface area (Å²) in [7, 11) is -0.223. The van der Waals surface area contributed by atoms with Gasteiger partial charge in [-0.15, -0.1) is 0 Å². The van der Waals surface area contributed by atoms with E-state index in [2.05, 4.69) is 20.7 Å². The van der Waals surface area contributed by atoms with Crippen molar-refractivity contribution in [1.82, 2.24) is 19.5 Å². The largest absolute Gasteiger partial charge is 0.544 e. The minimum Gasteiger partial charge on any atom is -0.544 e. The number of nitrogens with zero attached hydrogens (tertiary/aromatic N) is 4. The van der Waals surface area contributed by atoms with Crippen molar-refractivity contribution in [2.24, 2.45) is 0 Å². The third kappa shape index (κ3) is 3.99. The van der Waals surface area contributed by atoms with Crippen molar-refractivity contribution in [1.29, 1.82) is 0 Å². The molecular formula is C15H23N6O5S+. The minimum absolute atomic E-state index is 0.217. The SMILES string of the molecule is C[S+](CC[C@H]([NH3+])C(=O)[O-])C[C@H]1O[C@@H](n2cnc3c(N)ncnc32)C(O)[C@H]1O. The highest BCUT2D eigenvalue weighted by molar-refractivity contribution is 7.96. The van der Waals surface area contributed by atoms with Crippen LogP contribution in [0.15, 0.2) is 12.7 Å². The lowest BCUT2D eigenvalue weighted by Crippen LogP contribution is -2.68. The Morgan fingerprint density at radius 1 is 1.44 bits per heavy atom. The number of quaternary nitrogens is 1. The molecule has 0 radical (unpaired) electrons. The molecule has 0 aromatic carbocycles. The molecule has 2 aromatic heterocycles. The first-order chi connectivity index (χ1) is 12.8. The van der Waals surface area contributed by atoms with Crippen molar-refractivity contribution in [2.75, 3.05) is 23.5 Å². The van der Waals surface area contributed by atoms with Crippen LogP contribution in [0.25, 0.3) is 11.2 Å². The van der Waals surface area contributed by atoms with E-state index in [4.69, 9.17) is 10.5 Å². The van der Waals surface area contributed by atoms with Crippen molar-refractivity contribution < 1.29 is 30.6 Å². The highest BCUT2D eigenvalue weighted by Crippen LogP contribution is 2.32. The summed E-state index contributed by atoms with van der Waals surface area (Å²) in [5.41, 5.74) is 10.1. The molecule has 1 saturated heterocycles. The van der Waals surface area contributed by atoms with Gasteiger partial charge in [0.25, 0.3) is 0 Å². The van der Waals surface area contributed by atoms with E-state index in [0.29, 0.717) is 29.1 Å². The summed E-state index contributed by atoms with van der Waals surface area (Å²) in [4.78, 5) is 22.9. The van der Waals surface area contributed by atoms with Crippen LogP contribution in [-0.4, -0.2) is 77.8 Å². The van der Waals surface area contributed by atoms with Gasteiger partial charge in [-0.05, 0) is 10.9 Å². The summed E-state index contributed by atoms with van der Waals surface area (Å²) in [5, 5.41) is 31.6. The molecule has 27 heavy (non-hydrogen) atoms. The minimum atomic E-state index is -1.17. The lowest BCUT2D eigenvalue weighted by atomic mass is 10.1. The van der Waals surface area contributed by atoms with Crippen LogP contribution in [0.2, 0.25) is 0 Å². The Morgan fingerprint density at radius 3 is 2.89 bits per heavy atom. The van der Waals surface area contributed by atoms with Crippen molar-refractivity contribution >= 4 is 33.8 Å². The maximum Gasteiger partial charge on any atom is 0.167 e. The molecule has 7 N–H and O–H groups in total. The number of anilines is 1. The van der Waals surface area contributed by atoms with E-state index in [9.17, 15) is 20.1 Å². The number of nitrogen functional groups attached to an aromatic ring is 1. The first-order valence-electron chi connectivity index (χ1n) is 8.37. The molecule has 3 rings (SSSR count). The summed E-state index contributed by atoms with van der Waals surface area (Å²) < 4.78 is 7.41. The maximum atomic E-state index is 10.8. The van der Waals surface area contributed by atoms with Crippen LogP contribution in [0.1, 0.15) is 12.6 Å². The van der Waals surface area contributed by atoms with Gasteiger partial charge in [0.15, 0.2) is 17.7 Å². The number of rotatable bonds is 7. The number of nitrogens with two attached hydrogens (primary N) is 1. The fourth-order valence-electron chi connectivity index (χ4n) is 2.98. The quantitative estimate of drug-likeness (QED) is 0.337. The van der Waals surface area contributed by atoms with Gasteiger partial charge in [-0.1, -0.05) is 0 Å². The zero-order chi connectivity index (χ0) is 19.7. The summed E-state index contributed by atoms with van der Waals surface area (Å²) in [6.07, 6.45) is 1.38. The third-order valence-electron chi connectivity index (χ3n) is 4.60. The molecule has 11 nitrogen and oxygen atoms in total. The molecule has 0 bridgehead atoms. The highest BCUT2D eigenvalue weighted by Gasteiger charge is 2.46. The number of carbonyl (C=O) groups excluding carboxylic acids is 1. The van der Waals surface area contributed by atoms with Crippen LogP contribution in [0.3, 0.4) is 0 Å². The van der Waals surface area contributed by atoms with Crippen LogP contribution in [-0.2, 0) is 20.4 Å². The fraction of sp³-hybridized carbons (Fsp3) is 0.600. The Bertz CT molecular complexity index is 819. The molecule has 0 amide bonds. The first-order valence-corrected chi connectivity index (χ1v) is 10.3. The van der Waals surface area contributed by atoms with E-state index in [1.54, 1.807) is 0 Å². The molecule has 6 atom stereocenters. The number of aliphatic hydroxyl groups is 2. The molecule has 3 heterocycles. The van der Waals surface area contributed by atoms with E-state index < -0.39 is 36.6 Å². The average molecular weight is 399 g/mol. The van der Waals surface area contributed by atoms with Gasteiger partial charge in [0.2, 0.25) is 0 Å². The summed E-state index contributed by atoms with van der Waals surface area (Å²) >= 11 is 0. The second-order valence-corrected chi connectivity index (χ2v) is 8.89. The zero-order valence-corrected chi connectivity index (χ0v) is 15.6. The Labute approximate surface area is 157 Å². The van der Waals surface area contributed by atoms with E-state index in [-0.39, 0.29) is 16.7 Å². The van der Waals surface area contributed by atoms with Gasteiger partial charge in [0, 0.05) is 6.42 Å². The normalized spacial score (nSPS) is 27.7. The molecule has 1 fully saturated rings. The monoisotopic (exact) mass is 399 g/mol. The first kappa shape index (κ1) is 19.8. The number of aliphatic carboxylic acids is 1. The number of carbonyl (C=O) groups is 1. The number of aromatic nitrogens is 4. The summed E-state index contributed by atoms with van der Waals surface area (Å²) in [5.74, 6) is 0.146. The van der Waals surface area contributed by atoms with Gasteiger partial charge >= 0.3 is 0 Å². The van der Waals surface area contributed by atoms with Crippen LogP contribution >= 0.6 is 0 Å². The molecule has 2 aromatic rings. The second kappa shape index (κ2) is 7.94. The number of aliphatic hydroxyl groups excluding tert-OH is 2. The molecule has 2 unspecified atom stereocenters. The zero-order valence-electron chi connectivity index (χ0n) is 14.8.